The van der Waals surface area contributed by atoms with Crippen LogP contribution in [0.1, 0.15) is 41.0 Å². The van der Waals surface area contributed by atoms with Gasteiger partial charge in [-0.15, -0.1) is 0 Å². The van der Waals surface area contributed by atoms with Gasteiger partial charge >= 0.3 is 0 Å². The topological polar surface area (TPSA) is 92.3 Å². The second-order valence-corrected chi connectivity index (χ2v) is 12.5. The molecule has 0 spiro atoms. The summed E-state index contributed by atoms with van der Waals surface area (Å²) in [6, 6.07) is 12.5. The Morgan fingerprint density at radius 1 is 0.955 bits per heavy atom. The molecule has 0 aliphatic carbocycles. The van der Waals surface area contributed by atoms with Crippen molar-refractivity contribution in [1.29, 1.82) is 0 Å². The van der Waals surface area contributed by atoms with Gasteiger partial charge in [0.2, 0.25) is 0 Å². The average Bonchev–Trinajstić information content (AvgIpc) is 3.00. The van der Waals surface area contributed by atoms with Crippen LogP contribution in [0.2, 0.25) is 0 Å². The van der Waals surface area contributed by atoms with Crippen molar-refractivity contribution in [2.24, 2.45) is 0 Å². The molecule has 2 aromatic carbocycles. The Morgan fingerprint density at radius 2 is 1.70 bits per heavy atom. The van der Waals surface area contributed by atoms with Crippen LogP contribution in [-0.4, -0.2) is 54.2 Å². The molecular formula is C32H30F4N4O3S. The van der Waals surface area contributed by atoms with Gasteiger partial charge in [0.15, 0.2) is 5.03 Å². The second-order valence-electron chi connectivity index (χ2n) is 10.7. The molecule has 7 nitrogen and oxygen atoms in total. The van der Waals surface area contributed by atoms with E-state index in [1.165, 1.54) is 47.0 Å². The Kier molecular flexibility index (Phi) is 9.82. The number of carbonyl (C=O) groups excluding carboxylic acids is 1. The predicted octanol–water partition coefficient (Wildman–Crippen LogP) is 4.96. The molecule has 12 heteroatoms. The number of nitrogens with zero attached hydrogens (tertiary/aromatic N) is 3. The van der Waals surface area contributed by atoms with E-state index in [1.807, 2.05) is 0 Å². The highest BCUT2D eigenvalue weighted by Crippen LogP contribution is 2.31. The van der Waals surface area contributed by atoms with Crippen LogP contribution in [0.15, 0.2) is 84.3 Å². The number of halogens is 4. The lowest BCUT2D eigenvalue weighted by atomic mass is 9.85. The summed E-state index contributed by atoms with van der Waals surface area (Å²) in [7, 11) is -3.88. The maximum absolute atomic E-state index is 15.1. The maximum Gasteiger partial charge on any atom is 0.260 e. The normalized spacial score (nSPS) is 16.5. The Balaban J connectivity index is 1.35. The van der Waals surface area contributed by atoms with E-state index in [0.29, 0.717) is 24.2 Å². The lowest BCUT2D eigenvalue weighted by molar-refractivity contribution is -0.118. The Morgan fingerprint density at radius 3 is 2.41 bits per heavy atom. The number of carbonyl (C=O) groups is 1. The van der Waals surface area contributed by atoms with Crippen molar-refractivity contribution in [2.75, 3.05) is 19.6 Å². The van der Waals surface area contributed by atoms with Gasteiger partial charge < -0.3 is 5.32 Å². The summed E-state index contributed by atoms with van der Waals surface area (Å²) in [6.07, 6.45) is 3.84. The number of ketones is 1. The van der Waals surface area contributed by atoms with Crippen molar-refractivity contribution in [3.05, 3.63) is 125 Å². The quantitative estimate of drug-likeness (QED) is 0.237. The van der Waals surface area contributed by atoms with Gasteiger partial charge in [-0.25, -0.2) is 31.0 Å². The highest BCUT2D eigenvalue weighted by atomic mass is 32.2. The SMILES string of the molecule is O=C(Cc1cncc(F)c1CC[C@H]1CNCCN1S(=O)(=O)c1ccccn1)C[C@@H](c1ccc(F)cc1)c1cc(F)cc(F)c1. The highest BCUT2D eigenvalue weighted by molar-refractivity contribution is 7.89. The Bertz CT molecular complexity index is 1700. The van der Waals surface area contributed by atoms with E-state index in [1.54, 1.807) is 12.1 Å². The summed E-state index contributed by atoms with van der Waals surface area (Å²) in [5, 5.41) is 3.12. The molecule has 1 fully saturated rings. The highest BCUT2D eigenvalue weighted by Gasteiger charge is 2.34. The van der Waals surface area contributed by atoms with Crippen LogP contribution in [0.5, 0.6) is 0 Å². The van der Waals surface area contributed by atoms with Crippen molar-refractivity contribution in [3.63, 3.8) is 0 Å². The van der Waals surface area contributed by atoms with Crippen LogP contribution in [0.3, 0.4) is 0 Å². The largest absolute Gasteiger partial charge is 0.314 e. The van der Waals surface area contributed by atoms with Crippen LogP contribution >= 0.6 is 0 Å². The molecule has 2 atom stereocenters. The maximum atomic E-state index is 15.1. The van der Waals surface area contributed by atoms with Crippen molar-refractivity contribution in [1.82, 2.24) is 19.6 Å². The summed E-state index contributed by atoms with van der Waals surface area (Å²) in [5.41, 5.74) is 1.27. The molecule has 3 heterocycles. The van der Waals surface area contributed by atoms with Crippen molar-refractivity contribution < 1.29 is 30.8 Å². The van der Waals surface area contributed by atoms with Gasteiger partial charge in [0, 0.05) is 62.9 Å². The number of pyridine rings is 2. The lowest BCUT2D eigenvalue weighted by Gasteiger charge is -2.35. The average molecular weight is 627 g/mol. The molecule has 1 aliphatic rings. The number of rotatable bonds is 11. The number of hydrogen-bond acceptors (Lipinski definition) is 6. The zero-order chi connectivity index (χ0) is 31.3. The zero-order valence-corrected chi connectivity index (χ0v) is 24.4. The molecule has 4 aromatic rings. The monoisotopic (exact) mass is 626 g/mol. The van der Waals surface area contributed by atoms with E-state index in [9.17, 15) is 26.4 Å². The fourth-order valence-corrected chi connectivity index (χ4v) is 7.17. The third-order valence-electron chi connectivity index (χ3n) is 7.71. The van der Waals surface area contributed by atoms with Gasteiger partial charge in [0.1, 0.15) is 29.1 Å². The summed E-state index contributed by atoms with van der Waals surface area (Å²) in [4.78, 5) is 21.3. The fraction of sp³-hybridized carbons (Fsp3) is 0.281. The number of benzene rings is 2. The van der Waals surface area contributed by atoms with Gasteiger partial charge in [0.05, 0.1) is 6.20 Å². The van der Waals surface area contributed by atoms with E-state index in [4.69, 9.17) is 0 Å². The standard InChI is InChI=1S/C32H30F4N4O3S/c33-24-6-4-21(5-7-24)30(22-13-25(34)16-26(35)14-22)17-28(41)15-23-18-38-20-31(36)29(23)9-8-27-19-37-11-12-40(27)44(42,43)32-3-1-2-10-39-32/h1-7,10,13-14,16,18,20,27,30,37H,8-9,11-12,15,17,19H2/t27-,30-/m0/s1. The summed E-state index contributed by atoms with van der Waals surface area (Å²) in [5.74, 6) is -3.88. The Labute approximate surface area is 253 Å². The molecule has 0 radical (unpaired) electrons. The molecule has 1 saturated heterocycles. The number of Topliss-reactive ketones (excluding diaryl/α,β-unsaturated/α-hetero) is 1. The predicted molar refractivity (Wildman–Crippen MR) is 155 cm³/mol. The van der Waals surface area contributed by atoms with Gasteiger partial charge in [0.25, 0.3) is 10.0 Å². The van der Waals surface area contributed by atoms with Gasteiger partial charge in [-0.1, -0.05) is 18.2 Å². The molecule has 2 aromatic heterocycles. The van der Waals surface area contributed by atoms with E-state index in [2.05, 4.69) is 15.3 Å². The molecular weight excluding hydrogens is 596 g/mol. The number of nitrogens with one attached hydrogen (secondary N) is 1. The van der Waals surface area contributed by atoms with Crippen LogP contribution in [-0.2, 0) is 27.7 Å². The molecule has 1 aliphatic heterocycles. The number of piperazine rings is 1. The fourth-order valence-electron chi connectivity index (χ4n) is 5.58. The zero-order valence-electron chi connectivity index (χ0n) is 23.6. The molecule has 1 N–H and O–H groups in total. The number of sulfonamides is 1. The van der Waals surface area contributed by atoms with Gasteiger partial charge in [-0.05, 0) is 71.5 Å². The first-order valence-corrected chi connectivity index (χ1v) is 15.5. The molecule has 0 saturated carbocycles. The molecule has 5 rings (SSSR count). The molecule has 0 amide bonds. The van der Waals surface area contributed by atoms with E-state index < -0.39 is 45.3 Å². The Hall–Kier alpha value is -4.00. The summed E-state index contributed by atoms with van der Waals surface area (Å²) < 4.78 is 85.0. The first kappa shape index (κ1) is 31.4. The minimum absolute atomic E-state index is 0.0674. The van der Waals surface area contributed by atoms with Gasteiger partial charge in [-0.3, -0.25) is 9.78 Å². The number of hydrogen-bond donors (Lipinski definition) is 1. The van der Waals surface area contributed by atoms with Crippen molar-refractivity contribution in [2.45, 2.75) is 42.7 Å². The van der Waals surface area contributed by atoms with Crippen LogP contribution in [0.4, 0.5) is 17.6 Å². The van der Waals surface area contributed by atoms with E-state index in [0.717, 1.165) is 24.4 Å². The van der Waals surface area contributed by atoms with E-state index >= 15 is 4.39 Å². The first-order valence-electron chi connectivity index (χ1n) is 14.1. The lowest BCUT2D eigenvalue weighted by Crippen LogP contribution is -2.53. The summed E-state index contributed by atoms with van der Waals surface area (Å²) in [6.45, 7) is 1.03. The van der Waals surface area contributed by atoms with Crippen LogP contribution in [0.25, 0.3) is 0 Å². The molecule has 44 heavy (non-hydrogen) atoms. The molecule has 230 valence electrons. The second kappa shape index (κ2) is 13.7. The summed E-state index contributed by atoms with van der Waals surface area (Å²) >= 11 is 0. The van der Waals surface area contributed by atoms with E-state index in [-0.39, 0.29) is 54.2 Å². The first-order chi connectivity index (χ1) is 21.1. The third-order valence-corrected chi connectivity index (χ3v) is 9.58. The minimum Gasteiger partial charge on any atom is -0.314 e. The number of aromatic nitrogens is 2. The third kappa shape index (κ3) is 7.37. The van der Waals surface area contributed by atoms with Crippen LogP contribution in [0, 0.1) is 23.3 Å². The molecule has 0 unspecified atom stereocenters. The minimum atomic E-state index is -3.88. The van der Waals surface area contributed by atoms with Crippen molar-refractivity contribution >= 4 is 15.8 Å². The van der Waals surface area contributed by atoms with Crippen molar-refractivity contribution in [3.8, 4) is 0 Å². The molecule has 0 bridgehead atoms. The van der Waals surface area contributed by atoms with Gasteiger partial charge in [-0.2, -0.15) is 4.31 Å². The smallest absolute Gasteiger partial charge is 0.260 e. The van der Waals surface area contributed by atoms with Crippen LogP contribution < -0.4 is 5.32 Å².